The number of nitrogens with one attached hydrogen (secondary N) is 1. The van der Waals surface area contributed by atoms with Gasteiger partial charge in [0.1, 0.15) is 23.6 Å². The molecule has 1 aromatic carbocycles. The first-order valence-corrected chi connectivity index (χ1v) is 7.72. The summed E-state index contributed by atoms with van der Waals surface area (Å²) in [6, 6.07) is 5.31. The average Bonchev–Trinajstić information content (AvgIpc) is 3.12. The van der Waals surface area contributed by atoms with Gasteiger partial charge in [-0.1, -0.05) is 5.16 Å². The maximum atomic E-state index is 13.9. The molecule has 3 rings (SSSR count). The Morgan fingerprint density at radius 1 is 1.24 bits per heavy atom. The average molecular weight is 463 g/mol. The Bertz CT molecular complexity index is 703. The number of guanidine groups is 1. The van der Waals surface area contributed by atoms with E-state index in [4.69, 9.17) is 4.52 Å². The number of aliphatic imine (C=N–C) groups is 1. The van der Waals surface area contributed by atoms with Crippen molar-refractivity contribution >= 4 is 35.6 Å². The highest BCUT2D eigenvalue weighted by Crippen LogP contribution is 2.21. The first-order valence-electron chi connectivity index (χ1n) is 7.72. The number of nitrogens with zero attached hydrogens (tertiary/aromatic N) is 4. The smallest absolute Gasteiger partial charge is 0.194 e. The van der Waals surface area contributed by atoms with Crippen LogP contribution in [0.1, 0.15) is 5.69 Å². The van der Waals surface area contributed by atoms with Crippen LogP contribution >= 0.6 is 24.0 Å². The molecule has 0 spiro atoms. The second kappa shape index (κ2) is 8.97. The Labute approximate surface area is 161 Å². The van der Waals surface area contributed by atoms with E-state index < -0.39 is 11.6 Å². The topological polar surface area (TPSA) is 56.9 Å². The molecule has 0 atom stereocenters. The largest absolute Gasteiger partial charge is 0.366 e. The van der Waals surface area contributed by atoms with Gasteiger partial charge in [-0.2, -0.15) is 0 Å². The predicted molar refractivity (Wildman–Crippen MR) is 102 cm³/mol. The minimum Gasteiger partial charge on any atom is -0.366 e. The number of halogens is 3. The lowest BCUT2D eigenvalue weighted by molar-refractivity contribution is 0.368. The summed E-state index contributed by atoms with van der Waals surface area (Å²) in [5, 5.41) is 7.06. The number of aromatic nitrogens is 1. The van der Waals surface area contributed by atoms with Crippen LogP contribution in [0.25, 0.3) is 0 Å². The highest BCUT2D eigenvalue weighted by atomic mass is 127. The molecule has 1 aromatic heterocycles. The van der Waals surface area contributed by atoms with Gasteiger partial charge in [0.25, 0.3) is 0 Å². The molecule has 6 nitrogen and oxygen atoms in total. The molecule has 1 aliphatic rings. The fraction of sp³-hybridized carbons (Fsp3) is 0.375. The highest BCUT2D eigenvalue weighted by Gasteiger charge is 2.22. The lowest BCUT2D eigenvalue weighted by Gasteiger charge is -2.37. The summed E-state index contributed by atoms with van der Waals surface area (Å²) in [7, 11) is 1.71. The summed E-state index contributed by atoms with van der Waals surface area (Å²) < 4.78 is 32.0. The second-order valence-electron chi connectivity index (χ2n) is 5.46. The Kier molecular flexibility index (Phi) is 6.97. The third-order valence-corrected chi connectivity index (χ3v) is 3.96. The summed E-state index contributed by atoms with van der Waals surface area (Å²) in [6.07, 6.45) is 1.52. The summed E-state index contributed by atoms with van der Waals surface area (Å²) in [4.78, 5) is 8.19. The van der Waals surface area contributed by atoms with E-state index >= 15 is 0 Å². The number of anilines is 1. The monoisotopic (exact) mass is 463 g/mol. The molecule has 9 heteroatoms. The molecule has 25 heavy (non-hydrogen) atoms. The number of hydrogen-bond acceptors (Lipinski definition) is 4. The molecule has 0 bridgehead atoms. The van der Waals surface area contributed by atoms with Crippen molar-refractivity contribution in [2.24, 2.45) is 4.99 Å². The molecular weight excluding hydrogens is 443 g/mol. The number of hydrogen-bond donors (Lipinski definition) is 1. The maximum absolute atomic E-state index is 13.9. The Morgan fingerprint density at radius 2 is 2.00 bits per heavy atom. The molecule has 0 saturated carbocycles. The van der Waals surface area contributed by atoms with E-state index in [1.54, 1.807) is 13.1 Å². The SMILES string of the molecule is CN=C(NCc1ccon1)N1CCN(c2cc(F)ccc2F)CC1.I. The first kappa shape index (κ1) is 19.4. The van der Waals surface area contributed by atoms with Crippen molar-refractivity contribution in [1.82, 2.24) is 15.4 Å². The fourth-order valence-corrected chi connectivity index (χ4v) is 2.72. The van der Waals surface area contributed by atoms with Crippen LogP contribution in [0.4, 0.5) is 14.5 Å². The van der Waals surface area contributed by atoms with Gasteiger partial charge in [0, 0.05) is 45.4 Å². The number of piperazine rings is 1. The molecular formula is C16H20F2IN5O. The van der Waals surface area contributed by atoms with Gasteiger partial charge in [-0.3, -0.25) is 4.99 Å². The molecule has 1 saturated heterocycles. The van der Waals surface area contributed by atoms with Crippen molar-refractivity contribution < 1.29 is 13.3 Å². The van der Waals surface area contributed by atoms with Gasteiger partial charge in [-0.15, -0.1) is 24.0 Å². The van der Waals surface area contributed by atoms with E-state index in [2.05, 4.69) is 20.4 Å². The zero-order valence-electron chi connectivity index (χ0n) is 13.8. The van der Waals surface area contributed by atoms with Gasteiger partial charge in [0.15, 0.2) is 5.96 Å². The van der Waals surface area contributed by atoms with Gasteiger partial charge < -0.3 is 19.6 Å². The summed E-state index contributed by atoms with van der Waals surface area (Å²) >= 11 is 0. The second-order valence-corrected chi connectivity index (χ2v) is 5.46. The van der Waals surface area contributed by atoms with Crippen LogP contribution in [0.2, 0.25) is 0 Å². The highest BCUT2D eigenvalue weighted by molar-refractivity contribution is 14.0. The third-order valence-electron chi connectivity index (χ3n) is 3.96. The number of rotatable bonds is 3. The number of benzene rings is 1. The molecule has 0 radical (unpaired) electrons. The Morgan fingerprint density at radius 3 is 2.64 bits per heavy atom. The van der Waals surface area contributed by atoms with Crippen molar-refractivity contribution in [3.05, 3.63) is 47.9 Å². The molecule has 1 aliphatic heterocycles. The van der Waals surface area contributed by atoms with Crippen molar-refractivity contribution in [1.29, 1.82) is 0 Å². The standard InChI is InChI=1S/C16H19F2N5O.HI/c1-19-16(20-11-13-4-9-24-21-13)23-7-5-22(6-8-23)15-10-12(17)2-3-14(15)18;/h2-4,9-10H,5-8,11H2,1H3,(H,19,20);1H. The third kappa shape index (κ3) is 4.80. The fourth-order valence-electron chi connectivity index (χ4n) is 2.72. The van der Waals surface area contributed by atoms with Crippen LogP contribution < -0.4 is 10.2 Å². The predicted octanol–water partition coefficient (Wildman–Crippen LogP) is 2.47. The van der Waals surface area contributed by atoms with Gasteiger partial charge in [-0.05, 0) is 12.1 Å². The minimum atomic E-state index is -0.432. The van der Waals surface area contributed by atoms with E-state index in [0.717, 1.165) is 23.8 Å². The molecule has 2 aromatic rings. The summed E-state index contributed by atoms with van der Waals surface area (Å²) in [6.45, 7) is 3.01. The van der Waals surface area contributed by atoms with Crippen LogP contribution in [0.5, 0.6) is 0 Å². The minimum absolute atomic E-state index is 0. The van der Waals surface area contributed by atoms with E-state index in [0.29, 0.717) is 38.4 Å². The first-order chi connectivity index (χ1) is 11.7. The zero-order valence-corrected chi connectivity index (χ0v) is 16.1. The molecule has 1 N–H and O–H groups in total. The summed E-state index contributed by atoms with van der Waals surface area (Å²) in [5.74, 6) is -0.0883. The van der Waals surface area contributed by atoms with Crippen LogP contribution in [-0.4, -0.2) is 49.2 Å². The van der Waals surface area contributed by atoms with Gasteiger partial charge in [0.2, 0.25) is 0 Å². The van der Waals surface area contributed by atoms with E-state index in [1.165, 1.54) is 12.3 Å². The van der Waals surface area contributed by atoms with Crippen molar-refractivity contribution in [2.45, 2.75) is 6.54 Å². The van der Waals surface area contributed by atoms with Crippen LogP contribution in [0, 0.1) is 11.6 Å². The molecule has 2 heterocycles. The van der Waals surface area contributed by atoms with E-state index in [-0.39, 0.29) is 24.0 Å². The van der Waals surface area contributed by atoms with Gasteiger partial charge in [0.05, 0.1) is 12.2 Å². The van der Waals surface area contributed by atoms with Gasteiger partial charge in [-0.25, -0.2) is 8.78 Å². The molecule has 0 aliphatic carbocycles. The normalized spacial score (nSPS) is 15.1. The van der Waals surface area contributed by atoms with Crippen molar-refractivity contribution in [3.63, 3.8) is 0 Å². The van der Waals surface area contributed by atoms with Crippen LogP contribution in [0.3, 0.4) is 0 Å². The Hall–Kier alpha value is -1.91. The quantitative estimate of drug-likeness (QED) is 0.431. The maximum Gasteiger partial charge on any atom is 0.194 e. The molecule has 1 fully saturated rings. The van der Waals surface area contributed by atoms with E-state index in [1.807, 2.05) is 4.90 Å². The Balaban J connectivity index is 0.00000225. The van der Waals surface area contributed by atoms with Gasteiger partial charge >= 0.3 is 0 Å². The summed E-state index contributed by atoms with van der Waals surface area (Å²) in [5.41, 5.74) is 1.09. The van der Waals surface area contributed by atoms with Crippen LogP contribution in [-0.2, 0) is 6.54 Å². The lowest BCUT2D eigenvalue weighted by Crippen LogP contribution is -2.52. The lowest BCUT2D eigenvalue weighted by atomic mass is 10.2. The molecule has 136 valence electrons. The van der Waals surface area contributed by atoms with E-state index in [9.17, 15) is 8.78 Å². The van der Waals surface area contributed by atoms with Crippen molar-refractivity contribution in [2.75, 3.05) is 38.1 Å². The van der Waals surface area contributed by atoms with Crippen LogP contribution in [0.15, 0.2) is 40.0 Å². The zero-order chi connectivity index (χ0) is 16.9. The van der Waals surface area contributed by atoms with Crippen molar-refractivity contribution in [3.8, 4) is 0 Å². The molecule has 0 amide bonds. The molecule has 0 unspecified atom stereocenters.